The molecule has 0 aromatic heterocycles. The number of aliphatic hydroxyl groups is 7. The summed E-state index contributed by atoms with van der Waals surface area (Å²) in [6.45, 7) is 1.85. The second kappa shape index (κ2) is 27.5. The van der Waals surface area contributed by atoms with Crippen LogP contribution in [0.25, 0.3) is 11.1 Å². The Kier molecular flexibility index (Phi) is 20.3. The third-order valence-corrected chi connectivity index (χ3v) is 16.4. The smallest absolute Gasteiger partial charge is 0.247 e. The SMILES string of the molecule is CN[C@H](CC(C)C)C(=O)N[C@H]1C(=O)N[C@@H](CC(N)=O)C(=O)N[C@H]2C(=S)N[C@H]3C(=O)N[C@H](C(=O)N[C@H](CO)c4cc(O)cc(O)c4-c4cc3ccc4O)[C@H](O)c3ccc(c(Cl)c3)Oc3cc2cc(c3O[C@@H]2OC(CO)C(O)[C@H](O)[C@H]2O)Oc2ccc(cc2Cl)[C@H]1O. The highest BCUT2D eigenvalue weighted by molar-refractivity contribution is 7.80. The molecule has 1 fully saturated rings. The number of halogens is 2. The van der Waals surface area contributed by atoms with Crippen LogP contribution in [-0.2, 0) is 33.5 Å². The topological polar surface area (TPSA) is 452 Å². The number of likely N-dealkylation sites (N-methyl/N-ethyl adjacent to an activating group) is 1. The van der Waals surface area contributed by atoms with Crippen LogP contribution in [0.15, 0.2) is 78.9 Å². The van der Waals surface area contributed by atoms with Gasteiger partial charge in [0.1, 0.15) is 101 Å². The molecular formula is C59H64Cl2N8O20S. The number of aliphatic hydroxyl groups excluding tert-OH is 7. The van der Waals surface area contributed by atoms with Crippen molar-refractivity contribution < 1.29 is 98.8 Å². The Balaban J connectivity index is 1.32. The second-order valence-electron chi connectivity index (χ2n) is 22.1. The molecule has 2 unspecified atom stereocenters. The number of nitrogens with two attached hydrogens (primary N) is 1. The number of rotatable bonds is 11. The van der Waals surface area contributed by atoms with E-state index in [0.717, 1.165) is 36.4 Å². The summed E-state index contributed by atoms with van der Waals surface area (Å²) in [5, 5.41) is 130. The standard InChI is InChI=1S/C59H64Cl2N8O20S/c1-21(2)10-31(63-3)53(81)67-45-47(76)23-5-8-36(29(60)12-23)86-38-14-25-15-39(52(38)89-59-51(80)50(79)49(78)40(20-71)88-59)87-37-9-6-24(13-30(37)61)48(77)46-57(85)65-33(19-70)27-16-26(72)17-35(74)42(27)28-11-22(4-7-34(28)73)43(55(83)68-46)69-58(90)44(25)66-54(82)32(18-41(62)75)64-56(45)84/h4-9,11-17,21,31-33,40,43-51,59,63,70-74,76-80H,10,18-20H2,1-3H3,(H2,62,75)(H,64,84)(H,65,85)(H,66,82)(H,67,81)(H,68,83)(H,69,90)/t31-,32+,33-,40?,43-,44-,45-,46+,47-,48-,49?,50+,51-,59+/m1/s1. The number of benzene rings is 5. The van der Waals surface area contributed by atoms with Crippen molar-refractivity contribution in [2.75, 3.05) is 20.3 Å². The van der Waals surface area contributed by atoms with E-state index < -0.39 is 180 Å². The number of amides is 6. The van der Waals surface area contributed by atoms with Gasteiger partial charge < -0.3 is 113 Å². The second-order valence-corrected chi connectivity index (χ2v) is 23.4. The van der Waals surface area contributed by atoms with Crippen LogP contribution in [-0.4, -0.2) is 167 Å². The maximum absolute atomic E-state index is 15.3. The van der Waals surface area contributed by atoms with Crippen molar-refractivity contribution in [3.63, 3.8) is 0 Å². The molecule has 6 aliphatic heterocycles. The molecule has 0 saturated carbocycles. The molecule has 11 bridgehead atoms. The number of hydrogen-bond donors (Lipinski definition) is 18. The third kappa shape index (κ3) is 13.9. The number of fused-ring (bicyclic) bond motifs is 15. The average molecular weight is 1310 g/mol. The highest BCUT2D eigenvalue weighted by Gasteiger charge is 2.46. The minimum absolute atomic E-state index is 0.0545. The number of primary amides is 1. The van der Waals surface area contributed by atoms with Crippen molar-refractivity contribution in [1.82, 2.24) is 37.2 Å². The first-order valence-electron chi connectivity index (χ1n) is 27.9. The van der Waals surface area contributed by atoms with Crippen molar-refractivity contribution in [3.8, 4) is 57.1 Å². The van der Waals surface area contributed by atoms with Gasteiger partial charge in [0.2, 0.25) is 47.5 Å². The van der Waals surface area contributed by atoms with Gasteiger partial charge in [-0.05, 0) is 102 Å². The van der Waals surface area contributed by atoms with Crippen molar-refractivity contribution in [3.05, 3.63) is 117 Å². The fourth-order valence-corrected chi connectivity index (χ4v) is 11.5. The molecule has 14 atom stereocenters. The molecule has 28 nitrogen and oxygen atoms in total. The van der Waals surface area contributed by atoms with E-state index >= 15 is 9.59 Å². The fourth-order valence-electron chi connectivity index (χ4n) is 10.8. The Morgan fingerprint density at radius 3 is 1.88 bits per heavy atom. The van der Waals surface area contributed by atoms with Gasteiger partial charge in [0.05, 0.1) is 41.8 Å². The van der Waals surface area contributed by atoms with Crippen LogP contribution in [0.4, 0.5) is 0 Å². The van der Waals surface area contributed by atoms with Crippen LogP contribution in [0.2, 0.25) is 10.0 Å². The molecule has 0 aliphatic carbocycles. The monoisotopic (exact) mass is 1310 g/mol. The number of phenolic OH excluding ortho intramolecular Hbond substituents is 3. The molecule has 6 amide bonds. The van der Waals surface area contributed by atoms with Crippen LogP contribution >= 0.6 is 35.4 Å². The molecule has 19 N–H and O–H groups in total. The van der Waals surface area contributed by atoms with E-state index in [1.165, 1.54) is 49.5 Å². The number of phenols is 3. The summed E-state index contributed by atoms with van der Waals surface area (Å²) in [5.41, 5.74) is 4.47. The van der Waals surface area contributed by atoms with E-state index in [1.54, 1.807) is 0 Å². The maximum atomic E-state index is 15.3. The minimum atomic E-state index is -2.09. The molecule has 0 spiro atoms. The zero-order valence-corrected chi connectivity index (χ0v) is 50.1. The number of nitrogens with one attached hydrogen (secondary N) is 7. The van der Waals surface area contributed by atoms with Gasteiger partial charge in [-0.3, -0.25) is 28.8 Å². The lowest BCUT2D eigenvalue weighted by atomic mass is 9.89. The molecule has 5 aromatic carbocycles. The highest BCUT2D eigenvalue weighted by Crippen LogP contribution is 2.49. The lowest BCUT2D eigenvalue weighted by Crippen LogP contribution is -2.60. The van der Waals surface area contributed by atoms with Gasteiger partial charge in [0.25, 0.3) is 0 Å². The molecule has 90 heavy (non-hydrogen) atoms. The zero-order chi connectivity index (χ0) is 65.3. The van der Waals surface area contributed by atoms with Crippen LogP contribution in [0, 0.1) is 5.92 Å². The predicted octanol–water partition coefficient (Wildman–Crippen LogP) is 0.577. The third-order valence-electron chi connectivity index (χ3n) is 15.4. The molecule has 5 aromatic rings. The van der Waals surface area contributed by atoms with Crippen LogP contribution in [0.3, 0.4) is 0 Å². The summed E-state index contributed by atoms with van der Waals surface area (Å²) < 4.78 is 25.1. The maximum Gasteiger partial charge on any atom is 0.247 e. The first-order chi connectivity index (χ1) is 42.7. The van der Waals surface area contributed by atoms with Crippen LogP contribution in [0.5, 0.6) is 46.0 Å². The average Bonchev–Trinajstić information content (AvgIpc) is 0.791. The van der Waals surface area contributed by atoms with Gasteiger partial charge in [-0.2, -0.15) is 0 Å². The molecule has 31 heteroatoms. The summed E-state index contributed by atoms with van der Waals surface area (Å²) in [4.78, 5) is 86.3. The number of carbonyl (C=O) groups is 6. The van der Waals surface area contributed by atoms with Crippen molar-refractivity contribution in [1.29, 1.82) is 0 Å². The number of hydrogen-bond acceptors (Lipinski definition) is 22. The molecule has 6 heterocycles. The Bertz CT molecular complexity index is 3640. The summed E-state index contributed by atoms with van der Waals surface area (Å²) >= 11 is 20.1. The minimum Gasteiger partial charge on any atom is -0.508 e. The molecule has 11 rings (SSSR count). The van der Waals surface area contributed by atoms with Gasteiger partial charge >= 0.3 is 0 Å². The first-order valence-corrected chi connectivity index (χ1v) is 29.1. The van der Waals surface area contributed by atoms with E-state index in [9.17, 15) is 70.2 Å². The predicted molar refractivity (Wildman–Crippen MR) is 320 cm³/mol. The zero-order valence-electron chi connectivity index (χ0n) is 47.8. The van der Waals surface area contributed by atoms with Gasteiger partial charge in [0, 0.05) is 17.2 Å². The number of aromatic hydroxyl groups is 3. The van der Waals surface area contributed by atoms with Crippen LogP contribution in [0.1, 0.15) is 84.8 Å². The molecule has 1 saturated heterocycles. The lowest BCUT2D eigenvalue weighted by Gasteiger charge is -2.39. The largest absolute Gasteiger partial charge is 0.508 e. The van der Waals surface area contributed by atoms with Crippen molar-refractivity contribution >= 4 is 75.9 Å². The van der Waals surface area contributed by atoms with E-state index in [1.807, 2.05) is 13.8 Å². The van der Waals surface area contributed by atoms with Gasteiger partial charge in [0.15, 0.2) is 11.5 Å². The van der Waals surface area contributed by atoms with Crippen LogP contribution < -0.4 is 57.2 Å². The quantitative estimate of drug-likeness (QED) is 0.0804. The number of thiocarbonyl (C=S) groups is 1. The molecule has 6 aliphatic rings. The summed E-state index contributed by atoms with van der Waals surface area (Å²) in [5.74, 6) is -10.7. The lowest BCUT2D eigenvalue weighted by molar-refractivity contribution is -0.277. The Morgan fingerprint density at radius 1 is 0.667 bits per heavy atom. The van der Waals surface area contributed by atoms with Crippen molar-refractivity contribution in [2.24, 2.45) is 11.7 Å². The van der Waals surface area contributed by atoms with Gasteiger partial charge in [-0.25, -0.2) is 0 Å². The summed E-state index contributed by atoms with van der Waals surface area (Å²) in [6.07, 6.45) is -14.3. The Morgan fingerprint density at radius 2 is 1.29 bits per heavy atom. The van der Waals surface area contributed by atoms with Crippen molar-refractivity contribution in [2.45, 2.75) is 112 Å². The van der Waals surface area contributed by atoms with Gasteiger partial charge in [-0.15, -0.1) is 0 Å². The number of ether oxygens (including phenoxy) is 4. The van der Waals surface area contributed by atoms with E-state index in [2.05, 4.69) is 37.2 Å². The van der Waals surface area contributed by atoms with E-state index in [0.29, 0.717) is 0 Å². The molecular weight excluding hydrogens is 1240 g/mol. The summed E-state index contributed by atoms with van der Waals surface area (Å²) in [6, 6.07) is 2.88. The normalized spacial score (nSPS) is 26.5. The number of carbonyl (C=O) groups excluding carboxylic acids is 6. The van der Waals surface area contributed by atoms with E-state index in [4.69, 9.17) is 60.1 Å². The molecule has 480 valence electrons. The highest BCUT2D eigenvalue weighted by atomic mass is 35.5. The van der Waals surface area contributed by atoms with E-state index in [-0.39, 0.29) is 72.8 Å². The Hall–Kier alpha value is -8.17. The fraction of sp³-hybridized carbons (Fsp3) is 0.373. The summed E-state index contributed by atoms with van der Waals surface area (Å²) in [7, 11) is 1.50. The Labute approximate surface area is 527 Å². The first kappa shape index (κ1) is 66.3. The van der Waals surface area contributed by atoms with Gasteiger partial charge in [-0.1, -0.05) is 67.5 Å². The molecule has 0 radical (unpaired) electrons.